The second kappa shape index (κ2) is 7.10. The first-order valence-electron chi connectivity index (χ1n) is 7.79. The Labute approximate surface area is 142 Å². The van der Waals surface area contributed by atoms with Gasteiger partial charge in [-0.2, -0.15) is 0 Å². The van der Waals surface area contributed by atoms with E-state index in [1.54, 1.807) is 7.11 Å². The first-order chi connectivity index (χ1) is 11.2. The maximum Gasteiger partial charge on any atom is 0.170 e. The van der Waals surface area contributed by atoms with E-state index in [0.29, 0.717) is 0 Å². The third-order valence-corrected chi connectivity index (χ3v) is 4.49. The first-order valence-corrected chi connectivity index (χ1v) is 8.20. The number of pyridine rings is 1. The maximum absolute atomic E-state index is 5.59. The molecule has 3 heterocycles. The summed E-state index contributed by atoms with van der Waals surface area (Å²) in [4.78, 5) is 6.78. The molecule has 0 aliphatic carbocycles. The minimum Gasteiger partial charge on any atom is -0.385 e. The standard InChI is InChI=1S/C17H22N4OS/c1-20-10-7-13(12-20)16-15(14-6-3-4-8-18-14)19-17(23)21(16)9-5-11-22-2/h3-4,6-8,10,12,15-16H,5,9,11H2,1-2H3,(H,19,23)/t15-,16-/m1/s1. The molecule has 2 aromatic heterocycles. The van der Waals surface area contributed by atoms with Crippen LogP contribution in [0.4, 0.5) is 0 Å². The van der Waals surface area contributed by atoms with Crippen molar-refractivity contribution in [2.24, 2.45) is 7.05 Å². The molecule has 0 aromatic carbocycles. The molecule has 1 aliphatic heterocycles. The summed E-state index contributed by atoms with van der Waals surface area (Å²) in [6.07, 6.45) is 6.99. The van der Waals surface area contributed by atoms with Crippen molar-refractivity contribution >= 4 is 17.3 Å². The lowest BCUT2D eigenvalue weighted by atomic mass is 9.99. The summed E-state index contributed by atoms with van der Waals surface area (Å²) >= 11 is 5.59. The monoisotopic (exact) mass is 330 g/mol. The number of rotatable bonds is 6. The summed E-state index contributed by atoms with van der Waals surface area (Å²) in [6.45, 7) is 1.59. The Hall–Kier alpha value is -1.92. The molecule has 1 N–H and O–H groups in total. The Bertz CT molecular complexity index is 658. The van der Waals surface area contributed by atoms with Crippen LogP contribution in [0.1, 0.15) is 29.8 Å². The van der Waals surface area contributed by atoms with Crippen molar-refractivity contribution in [1.29, 1.82) is 0 Å². The quantitative estimate of drug-likeness (QED) is 0.651. The van der Waals surface area contributed by atoms with Crippen molar-refractivity contribution < 1.29 is 4.74 Å². The fraction of sp³-hybridized carbons (Fsp3) is 0.412. The number of nitrogens with zero attached hydrogens (tertiary/aromatic N) is 3. The number of nitrogens with one attached hydrogen (secondary N) is 1. The van der Waals surface area contributed by atoms with Gasteiger partial charge in [-0.05, 0) is 42.4 Å². The van der Waals surface area contributed by atoms with Crippen LogP contribution in [0.25, 0.3) is 0 Å². The van der Waals surface area contributed by atoms with Crippen LogP contribution in [-0.2, 0) is 11.8 Å². The Morgan fingerprint density at radius 1 is 1.35 bits per heavy atom. The van der Waals surface area contributed by atoms with Crippen LogP contribution < -0.4 is 5.32 Å². The molecule has 0 saturated carbocycles. The van der Waals surface area contributed by atoms with Crippen LogP contribution in [0.5, 0.6) is 0 Å². The Morgan fingerprint density at radius 3 is 2.87 bits per heavy atom. The van der Waals surface area contributed by atoms with E-state index in [0.717, 1.165) is 30.4 Å². The third-order valence-electron chi connectivity index (χ3n) is 4.14. The highest BCUT2D eigenvalue weighted by Crippen LogP contribution is 2.38. The summed E-state index contributed by atoms with van der Waals surface area (Å²) in [6, 6.07) is 8.37. The van der Waals surface area contributed by atoms with E-state index >= 15 is 0 Å². The normalized spacial score (nSPS) is 20.8. The number of thiocarbonyl (C=S) groups is 1. The maximum atomic E-state index is 5.59. The number of aryl methyl sites for hydroxylation is 1. The summed E-state index contributed by atoms with van der Waals surface area (Å²) in [5.41, 5.74) is 2.26. The Morgan fingerprint density at radius 2 is 2.22 bits per heavy atom. The number of ether oxygens (including phenoxy) is 1. The summed E-state index contributed by atoms with van der Waals surface area (Å²) in [5, 5.41) is 4.23. The summed E-state index contributed by atoms with van der Waals surface area (Å²) < 4.78 is 7.26. The van der Waals surface area contributed by atoms with Crippen LogP contribution in [0.15, 0.2) is 42.9 Å². The number of hydrogen-bond acceptors (Lipinski definition) is 3. The van der Waals surface area contributed by atoms with Gasteiger partial charge in [0.1, 0.15) is 0 Å². The van der Waals surface area contributed by atoms with Crippen molar-refractivity contribution in [3.63, 3.8) is 0 Å². The highest BCUT2D eigenvalue weighted by Gasteiger charge is 2.39. The van der Waals surface area contributed by atoms with Gasteiger partial charge in [0, 0.05) is 45.9 Å². The molecule has 1 aliphatic rings. The summed E-state index contributed by atoms with van der Waals surface area (Å²) in [7, 11) is 3.77. The molecule has 122 valence electrons. The van der Waals surface area contributed by atoms with E-state index < -0.39 is 0 Å². The average molecular weight is 330 g/mol. The molecule has 0 spiro atoms. The first kappa shape index (κ1) is 16.0. The SMILES string of the molecule is COCCCN1C(=S)N[C@H](c2ccccn2)[C@H]1c1ccn(C)c1. The van der Waals surface area contributed by atoms with Gasteiger partial charge in [-0.1, -0.05) is 6.07 Å². The number of hydrogen-bond donors (Lipinski definition) is 1. The van der Waals surface area contributed by atoms with E-state index in [1.165, 1.54) is 5.56 Å². The van der Waals surface area contributed by atoms with Crippen molar-refractivity contribution in [3.05, 3.63) is 54.1 Å². The smallest absolute Gasteiger partial charge is 0.170 e. The van der Waals surface area contributed by atoms with Crippen LogP contribution in [0.3, 0.4) is 0 Å². The number of methoxy groups -OCH3 is 1. The molecule has 0 bridgehead atoms. The van der Waals surface area contributed by atoms with Crippen LogP contribution in [-0.4, -0.2) is 39.8 Å². The molecule has 5 nitrogen and oxygen atoms in total. The third kappa shape index (κ3) is 3.38. The second-order valence-corrected chi connectivity index (χ2v) is 6.16. The van der Waals surface area contributed by atoms with Crippen molar-refractivity contribution in [1.82, 2.24) is 19.8 Å². The van der Waals surface area contributed by atoms with Crippen molar-refractivity contribution in [2.75, 3.05) is 20.3 Å². The molecule has 1 fully saturated rings. The van der Waals surface area contributed by atoms with Crippen LogP contribution in [0, 0.1) is 0 Å². The molecule has 0 amide bonds. The predicted octanol–water partition coefficient (Wildman–Crippen LogP) is 2.43. The molecule has 6 heteroatoms. The van der Waals surface area contributed by atoms with Gasteiger partial charge < -0.3 is 19.5 Å². The fourth-order valence-corrected chi connectivity index (χ4v) is 3.42. The zero-order valence-electron chi connectivity index (χ0n) is 13.5. The van der Waals surface area contributed by atoms with E-state index in [2.05, 4.69) is 44.3 Å². The minimum atomic E-state index is 0.0636. The van der Waals surface area contributed by atoms with E-state index in [9.17, 15) is 0 Å². The van der Waals surface area contributed by atoms with Gasteiger partial charge in [0.2, 0.25) is 0 Å². The molecule has 0 radical (unpaired) electrons. The molecule has 0 unspecified atom stereocenters. The topological polar surface area (TPSA) is 42.3 Å². The van der Waals surface area contributed by atoms with E-state index in [1.807, 2.05) is 25.4 Å². The number of aromatic nitrogens is 2. The lowest BCUT2D eigenvalue weighted by molar-refractivity contribution is 0.180. The molecule has 1 saturated heterocycles. The van der Waals surface area contributed by atoms with Gasteiger partial charge in [-0.3, -0.25) is 4.98 Å². The highest BCUT2D eigenvalue weighted by atomic mass is 32.1. The zero-order chi connectivity index (χ0) is 16.2. The predicted molar refractivity (Wildman–Crippen MR) is 94.1 cm³/mol. The van der Waals surface area contributed by atoms with E-state index in [-0.39, 0.29) is 12.1 Å². The Balaban J connectivity index is 1.91. The lowest BCUT2D eigenvalue weighted by Gasteiger charge is -2.27. The van der Waals surface area contributed by atoms with Crippen molar-refractivity contribution in [3.8, 4) is 0 Å². The minimum absolute atomic E-state index is 0.0636. The molecular weight excluding hydrogens is 308 g/mol. The van der Waals surface area contributed by atoms with Crippen molar-refractivity contribution in [2.45, 2.75) is 18.5 Å². The largest absolute Gasteiger partial charge is 0.385 e. The van der Waals surface area contributed by atoms with Gasteiger partial charge in [-0.25, -0.2) is 0 Å². The van der Waals surface area contributed by atoms with Crippen LogP contribution >= 0.6 is 12.2 Å². The molecule has 3 rings (SSSR count). The zero-order valence-corrected chi connectivity index (χ0v) is 14.3. The van der Waals surface area contributed by atoms with Gasteiger partial charge >= 0.3 is 0 Å². The van der Waals surface area contributed by atoms with Gasteiger partial charge in [0.25, 0.3) is 0 Å². The fourth-order valence-electron chi connectivity index (χ4n) is 3.09. The van der Waals surface area contributed by atoms with E-state index in [4.69, 9.17) is 17.0 Å². The van der Waals surface area contributed by atoms with Gasteiger partial charge in [0.05, 0.1) is 17.8 Å². The average Bonchev–Trinajstić information content (AvgIpc) is 3.12. The molecule has 2 aromatic rings. The van der Waals surface area contributed by atoms with Gasteiger partial charge in [0.15, 0.2) is 5.11 Å². The Kier molecular flexibility index (Phi) is 4.93. The molecule has 23 heavy (non-hydrogen) atoms. The second-order valence-electron chi connectivity index (χ2n) is 5.78. The lowest BCUT2D eigenvalue weighted by Crippen LogP contribution is -2.31. The van der Waals surface area contributed by atoms with Gasteiger partial charge in [-0.15, -0.1) is 0 Å². The molecular formula is C17H22N4OS. The summed E-state index contributed by atoms with van der Waals surface area (Å²) in [5.74, 6) is 0. The van der Waals surface area contributed by atoms with Crippen LogP contribution in [0.2, 0.25) is 0 Å². The highest BCUT2D eigenvalue weighted by molar-refractivity contribution is 7.80. The molecule has 2 atom stereocenters.